The van der Waals surface area contributed by atoms with Crippen LogP contribution in [-0.4, -0.2) is 22.2 Å². The molecule has 0 radical (unpaired) electrons. The minimum absolute atomic E-state index is 0.0935. The van der Waals surface area contributed by atoms with Crippen molar-refractivity contribution in [1.29, 1.82) is 0 Å². The SMILES string of the molecule is C=CCC(C)NC(=O)c1c(O)cccc1O. The molecule has 16 heavy (non-hydrogen) atoms. The number of phenols is 2. The molecule has 0 aromatic heterocycles. The standard InChI is InChI=1S/C12H15NO3/c1-3-5-8(2)13-12(16)11-9(14)6-4-7-10(11)15/h3-4,6-8,14-15H,1,5H2,2H3,(H,13,16). The molecule has 3 N–H and O–H groups in total. The molecule has 86 valence electrons. The van der Waals surface area contributed by atoms with Crippen LogP contribution in [-0.2, 0) is 0 Å². The summed E-state index contributed by atoms with van der Waals surface area (Å²) < 4.78 is 0. The Kier molecular flexibility index (Phi) is 3.94. The highest BCUT2D eigenvalue weighted by atomic mass is 16.3. The normalized spacial score (nSPS) is 11.8. The zero-order chi connectivity index (χ0) is 12.1. The van der Waals surface area contributed by atoms with Gasteiger partial charge in [-0.25, -0.2) is 0 Å². The fourth-order valence-corrected chi connectivity index (χ4v) is 1.37. The van der Waals surface area contributed by atoms with E-state index < -0.39 is 5.91 Å². The average Bonchev–Trinajstić information content (AvgIpc) is 2.17. The summed E-state index contributed by atoms with van der Waals surface area (Å²) in [6, 6.07) is 4.08. The van der Waals surface area contributed by atoms with E-state index in [1.165, 1.54) is 18.2 Å². The van der Waals surface area contributed by atoms with Gasteiger partial charge in [-0.2, -0.15) is 0 Å². The molecule has 1 unspecified atom stereocenters. The first-order valence-electron chi connectivity index (χ1n) is 4.99. The fraction of sp³-hybridized carbons (Fsp3) is 0.250. The molecule has 0 saturated carbocycles. The Hall–Kier alpha value is -1.97. The third-order valence-corrected chi connectivity index (χ3v) is 2.15. The molecule has 0 fully saturated rings. The number of aromatic hydroxyl groups is 2. The van der Waals surface area contributed by atoms with E-state index in [-0.39, 0.29) is 23.1 Å². The van der Waals surface area contributed by atoms with Gasteiger partial charge in [0.2, 0.25) is 0 Å². The van der Waals surface area contributed by atoms with Gasteiger partial charge in [0.1, 0.15) is 17.1 Å². The summed E-state index contributed by atoms with van der Waals surface area (Å²) in [6.45, 7) is 5.38. The van der Waals surface area contributed by atoms with Crippen LogP contribution in [0.3, 0.4) is 0 Å². The highest BCUT2D eigenvalue weighted by Gasteiger charge is 2.16. The second-order valence-electron chi connectivity index (χ2n) is 3.57. The number of amides is 1. The minimum Gasteiger partial charge on any atom is -0.507 e. The maximum Gasteiger partial charge on any atom is 0.259 e. The maximum absolute atomic E-state index is 11.7. The summed E-state index contributed by atoms with van der Waals surface area (Å²) in [5.74, 6) is -0.962. The average molecular weight is 221 g/mol. The third-order valence-electron chi connectivity index (χ3n) is 2.15. The molecule has 0 aliphatic heterocycles. The van der Waals surface area contributed by atoms with E-state index in [9.17, 15) is 15.0 Å². The Morgan fingerprint density at radius 3 is 2.56 bits per heavy atom. The van der Waals surface area contributed by atoms with E-state index in [0.29, 0.717) is 6.42 Å². The maximum atomic E-state index is 11.7. The quantitative estimate of drug-likeness (QED) is 0.679. The molecule has 0 bridgehead atoms. The molecular weight excluding hydrogens is 206 g/mol. The van der Waals surface area contributed by atoms with Crippen molar-refractivity contribution in [2.24, 2.45) is 0 Å². The number of phenolic OH excluding ortho intramolecular Hbond substituents is 2. The first-order chi connectivity index (χ1) is 7.56. The smallest absolute Gasteiger partial charge is 0.259 e. The van der Waals surface area contributed by atoms with Gasteiger partial charge in [0.05, 0.1) is 0 Å². The van der Waals surface area contributed by atoms with Gasteiger partial charge in [-0.3, -0.25) is 4.79 Å². The first kappa shape index (κ1) is 12.1. The van der Waals surface area contributed by atoms with Gasteiger partial charge in [-0.05, 0) is 25.5 Å². The predicted molar refractivity (Wildman–Crippen MR) is 61.5 cm³/mol. The zero-order valence-electron chi connectivity index (χ0n) is 9.10. The first-order valence-corrected chi connectivity index (χ1v) is 4.99. The lowest BCUT2D eigenvalue weighted by Gasteiger charge is -2.13. The van der Waals surface area contributed by atoms with Crippen LogP contribution in [0.1, 0.15) is 23.7 Å². The Bertz CT molecular complexity index is 381. The van der Waals surface area contributed by atoms with Crippen LogP contribution in [0.25, 0.3) is 0 Å². The summed E-state index contributed by atoms with van der Waals surface area (Å²) in [5.41, 5.74) is -0.0987. The lowest BCUT2D eigenvalue weighted by atomic mass is 10.1. The molecule has 0 heterocycles. The summed E-state index contributed by atoms with van der Waals surface area (Å²) in [6.07, 6.45) is 2.32. The van der Waals surface area contributed by atoms with Crippen LogP contribution in [0.2, 0.25) is 0 Å². The predicted octanol–water partition coefficient (Wildman–Crippen LogP) is 1.79. The molecule has 0 spiro atoms. The lowest BCUT2D eigenvalue weighted by Crippen LogP contribution is -2.32. The van der Waals surface area contributed by atoms with Crippen molar-refractivity contribution in [3.8, 4) is 11.5 Å². The van der Waals surface area contributed by atoms with Gasteiger partial charge in [0.15, 0.2) is 0 Å². The van der Waals surface area contributed by atoms with E-state index in [1.54, 1.807) is 6.08 Å². The van der Waals surface area contributed by atoms with Crippen LogP contribution in [0.5, 0.6) is 11.5 Å². The van der Waals surface area contributed by atoms with E-state index >= 15 is 0 Å². The summed E-state index contributed by atoms with van der Waals surface area (Å²) in [4.78, 5) is 11.7. The molecule has 1 rings (SSSR count). The number of rotatable bonds is 4. The number of hydrogen-bond donors (Lipinski definition) is 3. The van der Waals surface area contributed by atoms with E-state index in [1.807, 2.05) is 6.92 Å². The molecule has 4 heteroatoms. The number of carbonyl (C=O) groups is 1. The van der Waals surface area contributed by atoms with Gasteiger partial charge >= 0.3 is 0 Å². The van der Waals surface area contributed by atoms with Crippen LogP contribution in [0, 0.1) is 0 Å². The van der Waals surface area contributed by atoms with Crippen LogP contribution in [0.4, 0.5) is 0 Å². The summed E-state index contributed by atoms with van der Waals surface area (Å²) in [7, 11) is 0. The minimum atomic E-state index is -0.495. The fourth-order valence-electron chi connectivity index (χ4n) is 1.37. The molecule has 1 atom stereocenters. The summed E-state index contributed by atoms with van der Waals surface area (Å²) >= 11 is 0. The van der Waals surface area contributed by atoms with Crippen molar-refractivity contribution in [2.75, 3.05) is 0 Å². The van der Waals surface area contributed by atoms with Crippen molar-refractivity contribution in [3.63, 3.8) is 0 Å². The second-order valence-corrected chi connectivity index (χ2v) is 3.57. The van der Waals surface area contributed by atoms with Gasteiger partial charge in [0.25, 0.3) is 5.91 Å². The Morgan fingerprint density at radius 1 is 1.50 bits per heavy atom. The molecule has 1 aromatic rings. The number of benzene rings is 1. The lowest BCUT2D eigenvalue weighted by molar-refractivity contribution is 0.0935. The van der Waals surface area contributed by atoms with Crippen molar-refractivity contribution < 1.29 is 15.0 Å². The van der Waals surface area contributed by atoms with Gasteiger partial charge in [-0.15, -0.1) is 6.58 Å². The summed E-state index contributed by atoms with van der Waals surface area (Å²) in [5, 5.41) is 21.6. The highest BCUT2D eigenvalue weighted by molar-refractivity contribution is 5.99. The monoisotopic (exact) mass is 221 g/mol. The van der Waals surface area contributed by atoms with Gasteiger partial charge < -0.3 is 15.5 Å². The van der Waals surface area contributed by atoms with Crippen molar-refractivity contribution in [1.82, 2.24) is 5.32 Å². The van der Waals surface area contributed by atoms with E-state index in [0.717, 1.165) is 0 Å². The molecule has 0 saturated heterocycles. The van der Waals surface area contributed by atoms with E-state index in [2.05, 4.69) is 11.9 Å². The van der Waals surface area contributed by atoms with Crippen molar-refractivity contribution >= 4 is 5.91 Å². The highest BCUT2D eigenvalue weighted by Crippen LogP contribution is 2.25. The van der Waals surface area contributed by atoms with Gasteiger partial charge in [-0.1, -0.05) is 12.1 Å². The second kappa shape index (κ2) is 5.21. The van der Waals surface area contributed by atoms with E-state index in [4.69, 9.17) is 0 Å². The zero-order valence-corrected chi connectivity index (χ0v) is 9.10. The topological polar surface area (TPSA) is 69.6 Å². The number of carbonyl (C=O) groups excluding carboxylic acids is 1. The van der Waals surface area contributed by atoms with Crippen molar-refractivity contribution in [2.45, 2.75) is 19.4 Å². The molecular formula is C12H15NO3. The largest absolute Gasteiger partial charge is 0.507 e. The molecule has 4 nitrogen and oxygen atoms in total. The number of hydrogen-bond acceptors (Lipinski definition) is 3. The third kappa shape index (κ3) is 2.76. The van der Waals surface area contributed by atoms with Crippen LogP contribution < -0.4 is 5.32 Å². The molecule has 0 aliphatic carbocycles. The number of nitrogens with one attached hydrogen (secondary N) is 1. The molecule has 1 amide bonds. The Morgan fingerprint density at radius 2 is 2.06 bits per heavy atom. The Balaban J connectivity index is 2.84. The molecule has 1 aromatic carbocycles. The van der Waals surface area contributed by atoms with Crippen molar-refractivity contribution in [3.05, 3.63) is 36.4 Å². The van der Waals surface area contributed by atoms with Crippen LogP contribution in [0.15, 0.2) is 30.9 Å². The van der Waals surface area contributed by atoms with Gasteiger partial charge in [0, 0.05) is 6.04 Å². The Labute approximate surface area is 94.2 Å². The van der Waals surface area contributed by atoms with Crippen LogP contribution >= 0.6 is 0 Å². The molecule has 0 aliphatic rings.